The summed E-state index contributed by atoms with van der Waals surface area (Å²) in [6.07, 6.45) is 1.52. The summed E-state index contributed by atoms with van der Waals surface area (Å²) in [6, 6.07) is 12.4. The molecule has 2 aromatic carbocycles. The van der Waals surface area contributed by atoms with Gasteiger partial charge in [-0.2, -0.15) is 5.10 Å². The normalized spacial score (nSPS) is 10.5. The van der Waals surface area contributed by atoms with Crippen molar-refractivity contribution in [1.82, 2.24) is 5.43 Å². The maximum atomic E-state index is 11.9. The SMILES string of the molecule is COc1cc(OC)c(/C=N/NC(=O)c2ccccc2)cc1Br. The lowest BCUT2D eigenvalue weighted by Crippen LogP contribution is -2.17. The molecule has 0 saturated heterocycles. The molecule has 0 radical (unpaired) electrons. The Morgan fingerprint density at radius 3 is 2.45 bits per heavy atom. The zero-order chi connectivity index (χ0) is 15.9. The number of carbonyl (C=O) groups is 1. The molecule has 2 rings (SSSR count). The van der Waals surface area contributed by atoms with Crippen LogP contribution in [0.4, 0.5) is 0 Å². The van der Waals surface area contributed by atoms with E-state index in [2.05, 4.69) is 26.5 Å². The van der Waals surface area contributed by atoms with E-state index in [1.165, 1.54) is 6.21 Å². The number of rotatable bonds is 5. The van der Waals surface area contributed by atoms with Gasteiger partial charge in [0.15, 0.2) is 0 Å². The van der Waals surface area contributed by atoms with Crippen molar-refractivity contribution < 1.29 is 14.3 Å². The molecule has 0 unspecified atom stereocenters. The van der Waals surface area contributed by atoms with E-state index in [-0.39, 0.29) is 5.91 Å². The van der Waals surface area contributed by atoms with Gasteiger partial charge in [0, 0.05) is 17.2 Å². The summed E-state index contributed by atoms with van der Waals surface area (Å²) in [5.41, 5.74) is 3.73. The Morgan fingerprint density at radius 1 is 1.14 bits per heavy atom. The molecule has 1 N–H and O–H groups in total. The van der Waals surface area contributed by atoms with E-state index in [4.69, 9.17) is 9.47 Å². The molecule has 1 amide bonds. The fourth-order valence-electron chi connectivity index (χ4n) is 1.80. The predicted molar refractivity (Wildman–Crippen MR) is 88.7 cm³/mol. The summed E-state index contributed by atoms with van der Waals surface area (Å²) in [5.74, 6) is 0.975. The minimum atomic E-state index is -0.275. The van der Waals surface area contributed by atoms with Crippen molar-refractivity contribution in [2.75, 3.05) is 14.2 Å². The third-order valence-electron chi connectivity index (χ3n) is 2.91. The highest BCUT2D eigenvalue weighted by Crippen LogP contribution is 2.31. The summed E-state index contributed by atoms with van der Waals surface area (Å²) >= 11 is 3.40. The van der Waals surface area contributed by atoms with Gasteiger partial charge in [-0.3, -0.25) is 4.79 Å². The molecular formula is C16H15BrN2O3. The number of nitrogens with one attached hydrogen (secondary N) is 1. The Morgan fingerprint density at radius 2 is 1.82 bits per heavy atom. The van der Waals surface area contributed by atoms with E-state index in [1.807, 2.05) is 6.07 Å². The lowest BCUT2D eigenvalue weighted by atomic mass is 10.2. The number of amides is 1. The molecule has 0 atom stereocenters. The number of halogens is 1. The average Bonchev–Trinajstić information content (AvgIpc) is 2.55. The zero-order valence-corrected chi connectivity index (χ0v) is 13.8. The molecule has 0 aliphatic heterocycles. The van der Waals surface area contributed by atoms with Crippen molar-refractivity contribution in [3.05, 3.63) is 58.1 Å². The quantitative estimate of drug-likeness (QED) is 0.656. The van der Waals surface area contributed by atoms with Crippen molar-refractivity contribution in [2.45, 2.75) is 0 Å². The van der Waals surface area contributed by atoms with Gasteiger partial charge in [-0.15, -0.1) is 0 Å². The van der Waals surface area contributed by atoms with Gasteiger partial charge in [0.05, 0.1) is 24.9 Å². The van der Waals surface area contributed by atoms with Gasteiger partial charge in [0.25, 0.3) is 5.91 Å². The highest BCUT2D eigenvalue weighted by atomic mass is 79.9. The largest absolute Gasteiger partial charge is 0.496 e. The molecule has 0 bridgehead atoms. The van der Waals surface area contributed by atoms with Crippen LogP contribution in [0.3, 0.4) is 0 Å². The van der Waals surface area contributed by atoms with Crippen molar-refractivity contribution in [1.29, 1.82) is 0 Å². The fourth-order valence-corrected chi connectivity index (χ4v) is 2.32. The number of methoxy groups -OCH3 is 2. The van der Waals surface area contributed by atoms with Crippen molar-refractivity contribution in [3.63, 3.8) is 0 Å². The maximum absolute atomic E-state index is 11.9. The highest BCUT2D eigenvalue weighted by molar-refractivity contribution is 9.10. The van der Waals surface area contributed by atoms with Crippen LogP contribution in [0.1, 0.15) is 15.9 Å². The summed E-state index contributed by atoms with van der Waals surface area (Å²) in [4.78, 5) is 11.9. The molecule has 0 aliphatic rings. The first kappa shape index (κ1) is 16.0. The molecule has 0 fully saturated rings. The monoisotopic (exact) mass is 362 g/mol. The second-order valence-electron chi connectivity index (χ2n) is 4.29. The van der Waals surface area contributed by atoms with E-state index in [1.54, 1.807) is 50.6 Å². The number of nitrogens with zero attached hydrogens (tertiary/aromatic N) is 1. The maximum Gasteiger partial charge on any atom is 0.271 e. The Labute approximate surface area is 137 Å². The smallest absolute Gasteiger partial charge is 0.271 e. The lowest BCUT2D eigenvalue weighted by Gasteiger charge is -2.09. The number of hydrazone groups is 1. The summed E-state index contributed by atoms with van der Waals surface area (Å²) in [7, 11) is 3.13. The molecule has 6 heteroatoms. The van der Waals surface area contributed by atoms with Crippen LogP contribution in [-0.2, 0) is 0 Å². The molecule has 0 aromatic heterocycles. The van der Waals surface area contributed by atoms with E-state index >= 15 is 0 Å². The number of carbonyl (C=O) groups excluding carboxylic acids is 1. The molecule has 2 aromatic rings. The Hall–Kier alpha value is -2.34. The van der Waals surface area contributed by atoms with E-state index in [9.17, 15) is 4.79 Å². The van der Waals surface area contributed by atoms with Gasteiger partial charge in [-0.05, 0) is 34.1 Å². The van der Waals surface area contributed by atoms with Gasteiger partial charge in [-0.1, -0.05) is 18.2 Å². The molecule has 22 heavy (non-hydrogen) atoms. The average molecular weight is 363 g/mol. The second-order valence-corrected chi connectivity index (χ2v) is 5.15. The summed E-state index contributed by atoms with van der Waals surface area (Å²) in [5, 5.41) is 3.96. The van der Waals surface area contributed by atoms with Gasteiger partial charge < -0.3 is 9.47 Å². The van der Waals surface area contributed by atoms with Crippen LogP contribution in [-0.4, -0.2) is 26.3 Å². The van der Waals surface area contributed by atoms with Crippen LogP contribution in [0.2, 0.25) is 0 Å². The van der Waals surface area contributed by atoms with E-state index in [0.717, 1.165) is 4.47 Å². The number of ether oxygens (including phenoxy) is 2. The van der Waals surface area contributed by atoms with Crippen molar-refractivity contribution in [2.24, 2.45) is 5.10 Å². The first-order valence-corrected chi connectivity index (χ1v) is 7.25. The van der Waals surface area contributed by atoms with Gasteiger partial charge in [0.2, 0.25) is 0 Å². The molecule has 5 nitrogen and oxygen atoms in total. The fraction of sp³-hybridized carbons (Fsp3) is 0.125. The van der Waals surface area contributed by atoms with Crippen LogP contribution in [0.25, 0.3) is 0 Å². The summed E-state index contributed by atoms with van der Waals surface area (Å²) in [6.45, 7) is 0. The van der Waals surface area contributed by atoms with Gasteiger partial charge in [0.1, 0.15) is 11.5 Å². The molecule has 0 spiro atoms. The first-order valence-electron chi connectivity index (χ1n) is 6.45. The zero-order valence-electron chi connectivity index (χ0n) is 12.2. The van der Waals surface area contributed by atoms with Crippen LogP contribution >= 0.6 is 15.9 Å². The second kappa shape index (κ2) is 7.61. The van der Waals surface area contributed by atoms with Crippen LogP contribution in [0.15, 0.2) is 52.0 Å². The summed E-state index contributed by atoms with van der Waals surface area (Å²) < 4.78 is 11.3. The Balaban J connectivity index is 2.13. The minimum absolute atomic E-state index is 0.275. The van der Waals surface area contributed by atoms with Crippen LogP contribution in [0, 0.1) is 0 Å². The Kier molecular flexibility index (Phi) is 5.55. The third kappa shape index (κ3) is 3.85. The first-order chi connectivity index (χ1) is 10.7. The van der Waals surface area contributed by atoms with E-state index in [0.29, 0.717) is 22.6 Å². The van der Waals surface area contributed by atoms with Crippen molar-refractivity contribution >= 4 is 28.1 Å². The molecule has 114 valence electrons. The standard InChI is InChI=1S/C16H15BrN2O3/c1-21-14-9-15(22-2)13(17)8-12(14)10-18-19-16(20)11-6-4-3-5-7-11/h3-10H,1-2H3,(H,19,20)/b18-10+. The van der Waals surface area contributed by atoms with Crippen LogP contribution in [0.5, 0.6) is 11.5 Å². The molecule has 0 heterocycles. The molecule has 0 aliphatic carbocycles. The number of benzene rings is 2. The molecular weight excluding hydrogens is 348 g/mol. The van der Waals surface area contributed by atoms with Crippen molar-refractivity contribution in [3.8, 4) is 11.5 Å². The molecule has 0 saturated carbocycles. The van der Waals surface area contributed by atoms with E-state index < -0.39 is 0 Å². The third-order valence-corrected chi connectivity index (χ3v) is 3.53. The minimum Gasteiger partial charge on any atom is -0.496 e. The van der Waals surface area contributed by atoms with Gasteiger partial charge in [-0.25, -0.2) is 5.43 Å². The lowest BCUT2D eigenvalue weighted by molar-refractivity contribution is 0.0955. The predicted octanol–water partition coefficient (Wildman–Crippen LogP) is 3.23. The van der Waals surface area contributed by atoms with Gasteiger partial charge >= 0.3 is 0 Å². The van der Waals surface area contributed by atoms with Crippen LogP contribution < -0.4 is 14.9 Å². The highest BCUT2D eigenvalue weighted by Gasteiger charge is 2.08. The number of hydrogen-bond acceptors (Lipinski definition) is 4. The Bertz CT molecular complexity index is 687. The topological polar surface area (TPSA) is 59.9 Å². The number of hydrogen-bond donors (Lipinski definition) is 1.